The predicted octanol–water partition coefficient (Wildman–Crippen LogP) is 4.16. The zero-order valence-corrected chi connectivity index (χ0v) is 12.9. The molecule has 0 amide bonds. The number of fused-ring (bicyclic) bond motifs is 2. The second-order valence-corrected chi connectivity index (χ2v) is 5.52. The monoisotopic (exact) mass is 301 g/mol. The van der Waals surface area contributed by atoms with Gasteiger partial charge < -0.3 is 4.74 Å². The third-order valence-electron chi connectivity index (χ3n) is 3.94. The lowest BCUT2D eigenvalue weighted by Crippen LogP contribution is -1.94. The molecule has 4 aromatic rings. The van der Waals surface area contributed by atoms with Crippen LogP contribution in [0.4, 0.5) is 0 Å². The molecule has 23 heavy (non-hydrogen) atoms. The van der Waals surface area contributed by atoms with E-state index in [0.717, 1.165) is 38.5 Å². The van der Waals surface area contributed by atoms with Crippen molar-refractivity contribution >= 4 is 21.8 Å². The van der Waals surface area contributed by atoms with Gasteiger partial charge in [0.2, 0.25) is 5.88 Å². The molecule has 0 saturated heterocycles. The van der Waals surface area contributed by atoms with Crippen molar-refractivity contribution < 1.29 is 4.74 Å². The largest absolute Gasteiger partial charge is 0.480 e. The lowest BCUT2D eigenvalue weighted by atomic mass is 9.97. The standard InChI is InChI=1S/C19H15N3O/c1-12-9-14-11-17(23-2)21-22-19(14)16(10-12)15-7-3-5-13-6-4-8-20-18(13)15/h3-11H,1-2H3. The first kappa shape index (κ1) is 13.6. The van der Waals surface area contributed by atoms with Gasteiger partial charge in [-0.3, -0.25) is 4.98 Å². The Kier molecular flexibility index (Phi) is 3.15. The Hall–Kier alpha value is -3.01. The van der Waals surface area contributed by atoms with Crippen LogP contribution in [-0.2, 0) is 0 Å². The fourth-order valence-corrected chi connectivity index (χ4v) is 2.92. The van der Waals surface area contributed by atoms with Gasteiger partial charge in [0.25, 0.3) is 0 Å². The predicted molar refractivity (Wildman–Crippen MR) is 91.6 cm³/mol. The number of nitrogens with zero attached hydrogens (tertiary/aromatic N) is 3. The van der Waals surface area contributed by atoms with Crippen LogP contribution in [0.15, 0.2) is 54.7 Å². The van der Waals surface area contributed by atoms with Crippen LogP contribution in [0.1, 0.15) is 5.56 Å². The molecule has 0 radical (unpaired) electrons. The Morgan fingerprint density at radius 2 is 1.70 bits per heavy atom. The minimum absolute atomic E-state index is 0.519. The minimum Gasteiger partial charge on any atom is -0.480 e. The van der Waals surface area contributed by atoms with E-state index in [2.05, 4.69) is 52.4 Å². The summed E-state index contributed by atoms with van der Waals surface area (Å²) in [5.41, 5.74) is 5.10. The van der Waals surface area contributed by atoms with Crippen LogP contribution < -0.4 is 4.74 Å². The van der Waals surface area contributed by atoms with Gasteiger partial charge in [-0.15, -0.1) is 10.2 Å². The summed E-state index contributed by atoms with van der Waals surface area (Å²) in [5, 5.41) is 10.6. The van der Waals surface area contributed by atoms with Gasteiger partial charge in [-0.1, -0.05) is 24.3 Å². The van der Waals surface area contributed by atoms with E-state index in [9.17, 15) is 0 Å². The second-order valence-electron chi connectivity index (χ2n) is 5.52. The van der Waals surface area contributed by atoms with E-state index >= 15 is 0 Å². The van der Waals surface area contributed by atoms with Crippen LogP contribution in [-0.4, -0.2) is 22.3 Å². The molecule has 0 fully saturated rings. The molecule has 0 unspecified atom stereocenters. The zero-order chi connectivity index (χ0) is 15.8. The van der Waals surface area contributed by atoms with E-state index in [-0.39, 0.29) is 0 Å². The fraction of sp³-hybridized carbons (Fsp3) is 0.105. The van der Waals surface area contributed by atoms with Gasteiger partial charge in [-0.2, -0.15) is 0 Å². The van der Waals surface area contributed by atoms with Crippen molar-refractivity contribution in [2.45, 2.75) is 6.92 Å². The molecule has 2 heterocycles. The molecule has 2 aromatic carbocycles. The summed E-state index contributed by atoms with van der Waals surface area (Å²) in [5.74, 6) is 0.519. The quantitative estimate of drug-likeness (QED) is 0.558. The van der Waals surface area contributed by atoms with E-state index < -0.39 is 0 Å². The highest BCUT2D eigenvalue weighted by molar-refractivity contribution is 6.02. The molecular weight excluding hydrogens is 286 g/mol. The number of para-hydroxylation sites is 1. The third-order valence-corrected chi connectivity index (χ3v) is 3.94. The summed E-state index contributed by atoms with van der Waals surface area (Å²) < 4.78 is 5.19. The maximum atomic E-state index is 5.19. The molecule has 0 saturated carbocycles. The lowest BCUT2D eigenvalue weighted by Gasteiger charge is -2.10. The molecule has 0 spiro atoms. The summed E-state index contributed by atoms with van der Waals surface area (Å²) >= 11 is 0. The highest BCUT2D eigenvalue weighted by atomic mass is 16.5. The third kappa shape index (κ3) is 2.28. The number of aryl methyl sites for hydroxylation is 1. The van der Waals surface area contributed by atoms with Crippen LogP contribution >= 0.6 is 0 Å². The number of hydrogen-bond donors (Lipinski definition) is 0. The van der Waals surface area contributed by atoms with E-state index in [0.29, 0.717) is 5.88 Å². The number of pyridine rings is 1. The summed E-state index contributed by atoms with van der Waals surface area (Å²) in [4.78, 5) is 4.55. The molecule has 2 aromatic heterocycles. The smallest absolute Gasteiger partial charge is 0.233 e. The summed E-state index contributed by atoms with van der Waals surface area (Å²) in [7, 11) is 1.60. The topological polar surface area (TPSA) is 47.9 Å². The molecule has 0 aliphatic rings. The van der Waals surface area contributed by atoms with Crippen molar-refractivity contribution in [2.24, 2.45) is 0 Å². The Balaban J connectivity index is 2.08. The fourth-order valence-electron chi connectivity index (χ4n) is 2.92. The van der Waals surface area contributed by atoms with Crippen molar-refractivity contribution in [1.82, 2.24) is 15.2 Å². The van der Waals surface area contributed by atoms with Gasteiger partial charge in [0.15, 0.2) is 0 Å². The van der Waals surface area contributed by atoms with E-state index in [1.807, 2.05) is 24.4 Å². The van der Waals surface area contributed by atoms with Gasteiger partial charge in [0.1, 0.15) is 5.52 Å². The highest BCUT2D eigenvalue weighted by Gasteiger charge is 2.12. The van der Waals surface area contributed by atoms with Gasteiger partial charge in [-0.05, 0) is 30.7 Å². The number of ether oxygens (including phenoxy) is 1. The molecule has 4 heteroatoms. The molecule has 4 nitrogen and oxygen atoms in total. The lowest BCUT2D eigenvalue weighted by molar-refractivity contribution is 0.393. The average molecular weight is 301 g/mol. The van der Waals surface area contributed by atoms with Gasteiger partial charge in [0, 0.05) is 34.2 Å². The van der Waals surface area contributed by atoms with Crippen molar-refractivity contribution in [1.29, 1.82) is 0 Å². The first-order chi connectivity index (χ1) is 11.3. The number of benzene rings is 2. The molecule has 112 valence electrons. The summed E-state index contributed by atoms with van der Waals surface area (Å²) in [6.45, 7) is 2.08. The van der Waals surface area contributed by atoms with Crippen LogP contribution in [0, 0.1) is 6.92 Å². The van der Waals surface area contributed by atoms with Crippen molar-refractivity contribution in [3.63, 3.8) is 0 Å². The van der Waals surface area contributed by atoms with Crippen molar-refractivity contribution in [3.8, 4) is 17.0 Å². The van der Waals surface area contributed by atoms with Crippen LogP contribution in [0.5, 0.6) is 5.88 Å². The zero-order valence-electron chi connectivity index (χ0n) is 12.9. The maximum absolute atomic E-state index is 5.19. The normalized spacial score (nSPS) is 11.0. The van der Waals surface area contributed by atoms with E-state index in [4.69, 9.17) is 4.74 Å². The van der Waals surface area contributed by atoms with Crippen LogP contribution in [0.2, 0.25) is 0 Å². The second kappa shape index (κ2) is 5.32. The number of hydrogen-bond acceptors (Lipinski definition) is 4. The first-order valence-corrected chi connectivity index (χ1v) is 7.42. The van der Waals surface area contributed by atoms with E-state index in [1.165, 1.54) is 0 Å². The molecule has 0 aliphatic heterocycles. The Morgan fingerprint density at radius 3 is 2.57 bits per heavy atom. The molecule has 4 rings (SSSR count). The number of methoxy groups -OCH3 is 1. The maximum Gasteiger partial charge on any atom is 0.233 e. The summed E-state index contributed by atoms with van der Waals surface area (Å²) in [6, 6.07) is 16.3. The minimum atomic E-state index is 0.519. The summed E-state index contributed by atoms with van der Waals surface area (Å²) in [6.07, 6.45) is 1.82. The highest BCUT2D eigenvalue weighted by Crippen LogP contribution is 2.33. The van der Waals surface area contributed by atoms with Gasteiger partial charge in [-0.25, -0.2) is 0 Å². The van der Waals surface area contributed by atoms with E-state index in [1.54, 1.807) is 7.11 Å². The average Bonchev–Trinajstić information content (AvgIpc) is 2.60. The first-order valence-electron chi connectivity index (χ1n) is 7.42. The Morgan fingerprint density at radius 1 is 0.826 bits per heavy atom. The Bertz CT molecular complexity index is 1020. The molecular formula is C19H15N3O. The van der Waals surface area contributed by atoms with Crippen molar-refractivity contribution in [3.05, 3.63) is 60.3 Å². The SMILES string of the molecule is COc1cc2cc(C)cc(-c3cccc4cccnc34)c2nn1. The number of rotatable bonds is 2. The molecule has 0 N–H and O–H groups in total. The molecule has 0 aliphatic carbocycles. The molecule has 0 bridgehead atoms. The van der Waals surface area contributed by atoms with Gasteiger partial charge in [0.05, 0.1) is 12.6 Å². The number of aromatic nitrogens is 3. The van der Waals surface area contributed by atoms with Crippen molar-refractivity contribution in [2.75, 3.05) is 7.11 Å². The van der Waals surface area contributed by atoms with Crippen LogP contribution in [0.25, 0.3) is 32.9 Å². The Labute approximate surface area is 133 Å². The molecule has 0 atom stereocenters. The van der Waals surface area contributed by atoms with Gasteiger partial charge >= 0.3 is 0 Å². The van der Waals surface area contributed by atoms with Crippen LogP contribution in [0.3, 0.4) is 0 Å².